The minimum atomic E-state index is -0.277. The highest BCUT2D eigenvalue weighted by Crippen LogP contribution is 2.39. The van der Waals surface area contributed by atoms with Gasteiger partial charge in [0.05, 0.1) is 19.4 Å². The summed E-state index contributed by atoms with van der Waals surface area (Å²) in [6, 6.07) is 16.7. The van der Waals surface area contributed by atoms with E-state index in [9.17, 15) is 9.59 Å². The van der Waals surface area contributed by atoms with Gasteiger partial charge in [-0.15, -0.1) is 0 Å². The molecule has 33 heavy (non-hydrogen) atoms. The third-order valence-electron chi connectivity index (χ3n) is 5.99. The Morgan fingerprint density at radius 3 is 2.64 bits per heavy atom. The fraction of sp³-hybridized carbons (Fsp3) is 0.360. The van der Waals surface area contributed by atoms with Crippen molar-refractivity contribution >= 4 is 11.8 Å². The minimum Gasteiger partial charge on any atom is -0.497 e. The predicted octanol–water partition coefficient (Wildman–Crippen LogP) is 3.05. The van der Waals surface area contributed by atoms with Crippen LogP contribution >= 0.6 is 0 Å². The third kappa shape index (κ3) is 5.22. The molecular weight excluding hydrogens is 420 g/mol. The second kappa shape index (κ2) is 9.85. The van der Waals surface area contributed by atoms with Crippen molar-refractivity contribution in [2.45, 2.75) is 31.2 Å². The summed E-state index contributed by atoms with van der Waals surface area (Å²) in [4.78, 5) is 31.7. The molecule has 0 bridgehead atoms. The molecule has 1 saturated carbocycles. The summed E-state index contributed by atoms with van der Waals surface area (Å²) in [5.41, 5.74) is 1.71. The molecule has 0 radical (unpaired) electrons. The van der Waals surface area contributed by atoms with Crippen molar-refractivity contribution in [2.24, 2.45) is 5.92 Å². The second-order valence-electron chi connectivity index (χ2n) is 8.53. The van der Waals surface area contributed by atoms with Crippen LogP contribution in [0, 0.1) is 5.92 Å². The summed E-state index contributed by atoms with van der Waals surface area (Å²) in [7, 11) is 5.08. The Morgan fingerprint density at radius 1 is 1.12 bits per heavy atom. The lowest BCUT2D eigenvalue weighted by Gasteiger charge is -2.18. The molecule has 172 valence electrons. The van der Waals surface area contributed by atoms with Crippen LogP contribution in [0.5, 0.6) is 5.75 Å². The minimum absolute atomic E-state index is 0.0346. The monoisotopic (exact) mass is 448 g/mol. The van der Waals surface area contributed by atoms with Crippen LogP contribution in [0.2, 0.25) is 0 Å². The molecule has 3 atom stereocenters. The smallest absolute Gasteiger partial charge is 0.232 e. The number of methoxy groups -OCH3 is 1. The molecule has 1 aromatic heterocycles. The molecule has 8 heteroatoms. The fourth-order valence-corrected chi connectivity index (χ4v) is 4.35. The zero-order valence-corrected chi connectivity index (χ0v) is 19.0. The van der Waals surface area contributed by atoms with E-state index in [0.29, 0.717) is 30.3 Å². The highest BCUT2D eigenvalue weighted by molar-refractivity contribution is 5.81. The van der Waals surface area contributed by atoms with Crippen LogP contribution in [-0.2, 0) is 16.0 Å². The topological polar surface area (TPSA) is 97.6 Å². The summed E-state index contributed by atoms with van der Waals surface area (Å²) in [5, 5.41) is 7.24. The molecule has 0 saturated heterocycles. The van der Waals surface area contributed by atoms with Gasteiger partial charge in [-0.25, -0.2) is 0 Å². The summed E-state index contributed by atoms with van der Waals surface area (Å²) >= 11 is 0. The maximum absolute atomic E-state index is 12.9. The summed E-state index contributed by atoms with van der Waals surface area (Å²) < 4.78 is 10.8. The van der Waals surface area contributed by atoms with Crippen LogP contribution in [0.25, 0.3) is 11.4 Å². The van der Waals surface area contributed by atoms with Crippen LogP contribution in [-0.4, -0.2) is 54.1 Å². The molecule has 0 unspecified atom stereocenters. The number of carbonyl (C=O) groups is 2. The van der Waals surface area contributed by atoms with Gasteiger partial charge < -0.3 is 19.5 Å². The number of nitrogens with one attached hydrogen (secondary N) is 1. The van der Waals surface area contributed by atoms with Gasteiger partial charge in [-0.2, -0.15) is 4.98 Å². The Morgan fingerprint density at radius 2 is 1.91 bits per heavy atom. The van der Waals surface area contributed by atoms with Crippen molar-refractivity contribution in [2.75, 3.05) is 21.2 Å². The molecule has 0 aliphatic heterocycles. The Balaban J connectivity index is 1.52. The highest BCUT2D eigenvalue weighted by Gasteiger charge is 2.42. The molecule has 0 spiro atoms. The first kappa shape index (κ1) is 22.5. The Hall–Kier alpha value is -3.68. The van der Waals surface area contributed by atoms with E-state index in [4.69, 9.17) is 9.26 Å². The van der Waals surface area contributed by atoms with Gasteiger partial charge in [-0.3, -0.25) is 9.59 Å². The van der Waals surface area contributed by atoms with Crippen LogP contribution < -0.4 is 10.1 Å². The number of rotatable bonds is 7. The molecule has 1 fully saturated rings. The fourth-order valence-electron chi connectivity index (χ4n) is 4.35. The molecule has 3 aromatic rings. The lowest BCUT2D eigenvalue weighted by molar-refractivity contribution is -0.133. The predicted molar refractivity (Wildman–Crippen MR) is 123 cm³/mol. The Bertz CT molecular complexity index is 1110. The number of hydrogen-bond donors (Lipinski definition) is 1. The lowest BCUT2D eigenvalue weighted by Crippen LogP contribution is -2.38. The number of hydrogen-bond acceptors (Lipinski definition) is 6. The van der Waals surface area contributed by atoms with E-state index in [-0.39, 0.29) is 36.1 Å². The van der Waals surface area contributed by atoms with Crippen molar-refractivity contribution in [1.29, 1.82) is 0 Å². The summed E-state index contributed by atoms with van der Waals surface area (Å²) in [5.74, 6) is 1.09. The molecule has 2 aromatic carbocycles. The van der Waals surface area contributed by atoms with Crippen molar-refractivity contribution < 1.29 is 18.8 Å². The quantitative estimate of drug-likeness (QED) is 0.597. The van der Waals surface area contributed by atoms with Gasteiger partial charge in [0.15, 0.2) is 0 Å². The number of amides is 2. The van der Waals surface area contributed by atoms with Gasteiger partial charge in [0, 0.05) is 31.6 Å². The second-order valence-corrected chi connectivity index (χ2v) is 8.53. The standard InChI is InChI=1S/C25H28N4O4/c1-29(2)25(31)18-14-20(24-27-23(28-33-24)17-9-5-4-6-10-17)21(15-18)26-22(30)13-16-8-7-11-19(12-16)32-3/h4-12,18,20-21H,13-15H2,1-3H3,(H,26,30)/t18-,20-,21+/m1/s1. The maximum atomic E-state index is 12.9. The van der Waals surface area contributed by atoms with Gasteiger partial charge in [0.1, 0.15) is 5.75 Å². The summed E-state index contributed by atoms with van der Waals surface area (Å²) in [6.45, 7) is 0. The van der Waals surface area contributed by atoms with Crippen molar-refractivity contribution in [3.8, 4) is 17.1 Å². The number of ether oxygens (including phenoxy) is 1. The first-order valence-electron chi connectivity index (χ1n) is 11.0. The molecule has 4 rings (SSSR count). The van der Waals surface area contributed by atoms with Gasteiger partial charge in [-0.05, 0) is 30.5 Å². The van der Waals surface area contributed by atoms with E-state index in [1.165, 1.54) is 0 Å². The summed E-state index contributed by atoms with van der Waals surface area (Å²) in [6.07, 6.45) is 1.28. The molecular formula is C25H28N4O4. The average molecular weight is 449 g/mol. The molecule has 1 N–H and O–H groups in total. The number of benzene rings is 2. The molecule has 1 aliphatic rings. The molecule has 1 heterocycles. The van der Waals surface area contributed by atoms with E-state index in [1.54, 1.807) is 26.1 Å². The van der Waals surface area contributed by atoms with E-state index < -0.39 is 0 Å². The van der Waals surface area contributed by atoms with Gasteiger partial charge in [-0.1, -0.05) is 47.6 Å². The normalized spacial score (nSPS) is 19.8. The van der Waals surface area contributed by atoms with Crippen molar-refractivity contribution in [3.05, 3.63) is 66.1 Å². The average Bonchev–Trinajstić information content (AvgIpc) is 3.46. The maximum Gasteiger partial charge on any atom is 0.232 e. The van der Waals surface area contributed by atoms with Crippen LogP contribution in [0.1, 0.15) is 30.2 Å². The van der Waals surface area contributed by atoms with Gasteiger partial charge >= 0.3 is 0 Å². The Kier molecular flexibility index (Phi) is 6.72. The number of carbonyl (C=O) groups excluding carboxylic acids is 2. The molecule has 1 aliphatic carbocycles. The zero-order chi connectivity index (χ0) is 23.4. The lowest BCUT2D eigenvalue weighted by atomic mass is 10.0. The van der Waals surface area contributed by atoms with Crippen LogP contribution in [0.4, 0.5) is 0 Å². The van der Waals surface area contributed by atoms with Gasteiger partial charge in [0.25, 0.3) is 0 Å². The van der Waals surface area contributed by atoms with Crippen molar-refractivity contribution in [1.82, 2.24) is 20.4 Å². The Labute approximate surface area is 192 Å². The van der Waals surface area contributed by atoms with E-state index in [1.807, 2.05) is 54.6 Å². The first-order valence-corrected chi connectivity index (χ1v) is 11.0. The largest absolute Gasteiger partial charge is 0.497 e. The van der Waals surface area contributed by atoms with Crippen molar-refractivity contribution in [3.63, 3.8) is 0 Å². The van der Waals surface area contributed by atoms with E-state index >= 15 is 0 Å². The van der Waals surface area contributed by atoms with Gasteiger partial charge in [0.2, 0.25) is 23.5 Å². The van der Waals surface area contributed by atoms with Crippen LogP contribution in [0.3, 0.4) is 0 Å². The molecule has 8 nitrogen and oxygen atoms in total. The van der Waals surface area contributed by atoms with E-state index in [2.05, 4.69) is 15.5 Å². The molecule has 2 amide bonds. The third-order valence-corrected chi connectivity index (χ3v) is 5.99. The SMILES string of the molecule is COc1cccc(CC(=O)N[C@H]2C[C@H](C(=O)N(C)C)C[C@H]2c2nc(-c3ccccc3)no2)c1. The van der Waals surface area contributed by atoms with Crippen LogP contribution in [0.15, 0.2) is 59.1 Å². The number of aromatic nitrogens is 2. The number of nitrogens with zero attached hydrogens (tertiary/aromatic N) is 3. The highest BCUT2D eigenvalue weighted by atomic mass is 16.5. The zero-order valence-electron chi connectivity index (χ0n) is 19.0. The first-order chi connectivity index (χ1) is 15.9. The van der Waals surface area contributed by atoms with E-state index in [0.717, 1.165) is 11.1 Å².